The molecule has 0 atom stereocenters. The molecule has 0 N–H and O–H groups in total. The van der Waals surface area contributed by atoms with Crippen molar-refractivity contribution in [1.82, 2.24) is 9.80 Å². The lowest BCUT2D eigenvalue weighted by molar-refractivity contribution is -0.150. The van der Waals surface area contributed by atoms with Gasteiger partial charge >= 0.3 is 11.9 Å². The molecule has 0 bridgehead atoms. The molecular weight excluding hydrogens is 1870 g/mol. The van der Waals surface area contributed by atoms with E-state index in [1.807, 2.05) is 139 Å². The summed E-state index contributed by atoms with van der Waals surface area (Å²) in [6.45, 7) is 12.1. The zero-order valence-corrected chi connectivity index (χ0v) is 88.6. The van der Waals surface area contributed by atoms with Gasteiger partial charge in [-0.25, -0.2) is 0 Å². The first-order valence-corrected chi connectivity index (χ1v) is 58.7. The van der Waals surface area contributed by atoms with Crippen LogP contribution in [0.15, 0.2) is 158 Å². The number of carbonyl (C=O) groups is 6. The molecule has 0 aliphatic carbocycles. The Labute approximate surface area is 856 Å². The maximum absolute atomic E-state index is 14.8. The zero-order chi connectivity index (χ0) is 96.2. The number of nitrogens with zero attached hydrogens (tertiary/aromatic N) is 2. The third kappa shape index (κ3) is 26.7. The van der Waals surface area contributed by atoms with Gasteiger partial charge in [-0.2, -0.15) is 0 Å². The van der Waals surface area contributed by atoms with Crippen LogP contribution in [0.3, 0.4) is 0 Å². The number of fused-ring (bicyclic) bond motifs is 2. The molecule has 14 aromatic rings. The van der Waals surface area contributed by atoms with E-state index in [1.54, 1.807) is 4.90 Å². The molecule has 10 heterocycles. The number of benzene rings is 6. The lowest BCUT2D eigenvalue weighted by atomic mass is 9.82. The number of hydrogen-bond donors (Lipinski definition) is 0. The Bertz CT molecular complexity index is 6470. The van der Waals surface area contributed by atoms with Crippen LogP contribution in [0.25, 0.3) is 131 Å². The van der Waals surface area contributed by atoms with Crippen molar-refractivity contribution >= 4 is 218 Å². The molecule has 16 rings (SSSR count). The van der Waals surface area contributed by atoms with E-state index in [4.69, 9.17) is 9.47 Å². The minimum Gasteiger partial charge on any atom is -0.466 e. The van der Waals surface area contributed by atoms with Crippen LogP contribution in [0.5, 0.6) is 0 Å². The Morgan fingerprint density at radius 2 is 0.540 bits per heavy atom. The fourth-order valence-electron chi connectivity index (χ4n) is 19.8. The molecule has 18 heteroatoms. The van der Waals surface area contributed by atoms with Crippen LogP contribution in [0.4, 0.5) is 0 Å². The van der Waals surface area contributed by atoms with Crippen molar-refractivity contribution in [3.63, 3.8) is 0 Å². The molecule has 0 unspecified atom stereocenters. The zero-order valence-electron chi connectivity index (χ0n) is 82.0. The lowest BCUT2D eigenvalue weighted by Crippen LogP contribution is -2.47. The number of esters is 2. The number of imide groups is 2. The first-order chi connectivity index (χ1) is 68.2. The summed E-state index contributed by atoms with van der Waals surface area (Å²) in [5.41, 5.74) is 6.72. The van der Waals surface area contributed by atoms with E-state index in [2.05, 4.69) is 192 Å². The molecule has 0 saturated carbocycles. The van der Waals surface area contributed by atoms with Crippen molar-refractivity contribution in [3.8, 4) is 39.0 Å². The second-order valence-electron chi connectivity index (χ2n) is 37.9. The summed E-state index contributed by atoms with van der Waals surface area (Å²) in [4.78, 5) is 108. The first kappa shape index (κ1) is 102. The maximum atomic E-state index is 14.8. The number of unbranched alkanes of at least 4 members (excludes halogenated alkanes) is 25. The predicted octanol–water partition coefficient (Wildman–Crippen LogP) is 37.2. The topological polar surface area (TPSA) is 127 Å². The summed E-state index contributed by atoms with van der Waals surface area (Å²) in [6.07, 6.45) is 60.0. The van der Waals surface area contributed by atoms with E-state index in [0.717, 1.165) is 140 Å². The van der Waals surface area contributed by atoms with Gasteiger partial charge in [-0.05, 0) is 302 Å². The van der Waals surface area contributed by atoms with Crippen molar-refractivity contribution in [2.75, 3.05) is 19.8 Å². The van der Waals surface area contributed by atoms with Gasteiger partial charge in [0.1, 0.15) is 0 Å². The van der Waals surface area contributed by atoms with Crippen molar-refractivity contribution in [1.29, 1.82) is 0 Å². The predicted molar refractivity (Wildman–Crippen MR) is 601 cm³/mol. The van der Waals surface area contributed by atoms with E-state index in [0.29, 0.717) is 58.9 Å². The second kappa shape index (κ2) is 51.9. The molecule has 726 valence electrons. The highest BCUT2D eigenvalue weighted by atomic mass is 32.1. The van der Waals surface area contributed by atoms with Crippen LogP contribution in [-0.4, -0.2) is 71.2 Å². The molecule has 0 fully saturated rings. The quantitative estimate of drug-likeness (QED) is 0.0121. The van der Waals surface area contributed by atoms with Crippen LogP contribution >= 0.6 is 90.7 Å². The van der Waals surface area contributed by atoms with E-state index in [-0.39, 0.29) is 55.7 Å². The molecule has 2 aliphatic rings. The van der Waals surface area contributed by atoms with Crippen LogP contribution in [0.2, 0.25) is 0 Å². The Morgan fingerprint density at radius 1 is 0.273 bits per heavy atom. The van der Waals surface area contributed by atoms with Gasteiger partial charge in [0.25, 0.3) is 23.6 Å². The van der Waals surface area contributed by atoms with Crippen LogP contribution in [0.1, 0.15) is 368 Å². The molecule has 8 aromatic heterocycles. The molecule has 0 saturated heterocycles. The lowest BCUT2D eigenvalue weighted by Gasteiger charge is -2.35. The van der Waals surface area contributed by atoms with Crippen molar-refractivity contribution < 1.29 is 38.2 Å². The van der Waals surface area contributed by atoms with Crippen molar-refractivity contribution in [3.05, 3.63) is 241 Å². The minimum atomic E-state index is -0.439. The Kier molecular flexibility index (Phi) is 38.2. The molecule has 0 spiro atoms. The second-order valence-corrected chi connectivity index (χ2v) is 47.1. The van der Waals surface area contributed by atoms with E-state index in [1.165, 1.54) is 222 Å². The van der Waals surface area contributed by atoms with Gasteiger partial charge in [-0.15, -0.1) is 90.7 Å². The van der Waals surface area contributed by atoms with Gasteiger partial charge in [0.2, 0.25) is 0 Å². The molecule has 2 aliphatic heterocycles. The molecular formula is C121H136N2O8S8. The Balaban J connectivity index is 0.490. The number of carbonyl (C=O) groups excluding carboxylic acids is 6. The van der Waals surface area contributed by atoms with Crippen LogP contribution in [0, 0.1) is 0 Å². The van der Waals surface area contributed by atoms with Gasteiger partial charge in [0.05, 0.1) is 26.1 Å². The van der Waals surface area contributed by atoms with Gasteiger partial charge in [-0.3, -0.25) is 38.6 Å². The fraction of sp³-hybridized carbons (Fsp3) is 0.405. The number of amides is 4. The average Bonchev–Trinajstić information content (AvgIpc) is 1.14. The van der Waals surface area contributed by atoms with Gasteiger partial charge < -0.3 is 9.47 Å². The highest BCUT2D eigenvalue weighted by Crippen LogP contribution is 2.49. The number of aryl methyl sites for hydroxylation is 4. The Morgan fingerprint density at radius 3 is 0.863 bits per heavy atom. The summed E-state index contributed by atoms with van der Waals surface area (Å²) in [7, 11) is 0. The van der Waals surface area contributed by atoms with Crippen LogP contribution in [-0.2, 0) is 44.7 Å². The summed E-state index contributed by atoms with van der Waals surface area (Å²) in [5, 5.41) is 6.54. The van der Waals surface area contributed by atoms with Gasteiger partial charge in [0.15, 0.2) is 0 Å². The van der Waals surface area contributed by atoms with E-state index >= 15 is 0 Å². The largest absolute Gasteiger partial charge is 0.466 e. The normalized spacial score (nSPS) is 13.1. The van der Waals surface area contributed by atoms with Crippen molar-refractivity contribution in [2.24, 2.45) is 0 Å². The standard InChI is InChI=1S/C121H136N2O8S8/c1-6-11-16-21-23-29-38-87(39-30-24-22-17-12-7-2)123-120(128)102-66-62-98-96-60-64-100-116-101(65-61-97(114(96)116)99-63-67-103(121(123)129)117(102)115(98)99)119(127)122(118(100)126)78-35-26-28-37-80-131-113(125)77-76-112(124)130-79-36-27-25-34-43-91-55-71-107(135-91)111-75-59-95(139-111)51-47-86-82-84(45-49-93-57-73-109(137-93)105-69-53-89(133-105)41-32-19-14-9-4)83(44-48-92-56-72-108(136-92)104-68-52-88(132-104)40-31-18-13-8-3)81-85(86)46-50-94-58-74-110(138-94)106-70-54-90(134-106)42-33-20-15-10-5/h44-75,81-82,87H,6-43,76-80H2,1-5H3/b48-44+,49-45+,50-46+,51-47+. The number of ether oxygens (including phenoxy) is 2. The minimum absolute atomic E-state index is 0.0348. The highest BCUT2D eigenvalue weighted by molar-refractivity contribution is 7.24. The number of hydrogen-bond acceptors (Lipinski definition) is 16. The Hall–Kier alpha value is -9.60. The molecule has 6 aromatic carbocycles. The molecule has 10 nitrogen and oxygen atoms in total. The van der Waals surface area contributed by atoms with Crippen LogP contribution < -0.4 is 0 Å². The van der Waals surface area contributed by atoms with Crippen molar-refractivity contribution in [2.45, 2.75) is 297 Å². The van der Waals surface area contributed by atoms with Gasteiger partial charge in [-0.1, -0.05) is 237 Å². The van der Waals surface area contributed by atoms with E-state index in [9.17, 15) is 28.8 Å². The van der Waals surface area contributed by atoms with Gasteiger partial charge in [0, 0.05) is 124 Å². The third-order valence-electron chi connectivity index (χ3n) is 27.5. The monoisotopic (exact) mass is 2000 g/mol. The average molecular weight is 2000 g/mol. The summed E-state index contributed by atoms with van der Waals surface area (Å²) in [6, 6.07) is 56.8. The fourth-order valence-corrected chi connectivity index (χ4v) is 28.0. The smallest absolute Gasteiger partial charge is 0.306 e. The third-order valence-corrected chi connectivity index (χ3v) is 37.1. The summed E-state index contributed by atoms with van der Waals surface area (Å²) < 4.78 is 11.1. The number of thiophene rings is 8. The number of rotatable bonds is 59. The summed E-state index contributed by atoms with van der Waals surface area (Å²) >= 11 is 15.2. The molecule has 0 radical (unpaired) electrons. The molecule has 4 amide bonds. The molecule has 139 heavy (non-hydrogen) atoms. The van der Waals surface area contributed by atoms with E-state index < -0.39 is 11.9 Å². The highest BCUT2D eigenvalue weighted by Gasteiger charge is 2.40. The summed E-state index contributed by atoms with van der Waals surface area (Å²) in [5.74, 6) is -1.93. The SMILES string of the molecule is CCCCCCCCC(CCCCCCCC)N1C(=O)c2ccc3c4ccc5c6c(ccc(c7ccc(c2c37)C1=O)c64)C(=O)N(CCCCCCOC(=O)CCC(=O)OCCCCCCc1ccc(-c2ccc(/C=C/c3cc(/C=C/c4ccc(-c6ccc(CCCCCC)s6)s4)c(/C=C/c4ccc(-c6ccc(CCCCCC)s6)s4)cc3/C=C/c3ccc(-c4ccc(CCCCCC)s4)s3)s2)s1)C5=O. The first-order valence-electron chi connectivity index (χ1n) is 52.1. The maximum Gasteiger partial charge on any atom is 0.306 e.